The van der Waals surface area contributed by atoms with Gasteiger partial charge in [0.15, 0.2) is 0 Å². The van der Waals surface area contributed by atoms with Gasteiger partial charge in [0.05, 0.1) is 0 Å². The van der Waals surface area contributed by atoms with Crippen molar-refractivity contribution >= 4 is 15.9 Å². The zero-order valence-electron chi connectivity index (χ0n) is 11.9. The van der Waals surface area contributed by atoms with Crippen molar-refractivity contribution in [3.8, 4) is 5.75 Å². The average Bonchev–Trinajstić information content (AvgIpc) is 2.44. The molecule has 0 aliphatic rings. The summed E-state index contributed by atoms with van der Waals surface area (Å²) in [5.74, 6) is 0.994. The Morgan fingerprint density at radius 2 is 1.95 bits per heavy atom. The zero-order valence-corrected chi connectivity index (χ0v) is 13.5. The molecular formula is C17H20BrNO. The predicted molar refractivity (Wildman–Crippen MR) is 87.0 cm³/mol. The number of halogens is 1. The SMILES string of the molecule is CCNCc1cccc(C)c1OCc1cccc(Br)c1. The molecule has 3 heteroatoms. The fourth-order valence-corrected chi connectivity index (χ4v) is 2.55. The van der Waals surface area contributed by atoms with Crippen LogP contribution in [0.3, 0.4) is 0 Å². The lowest BCUT2D eigenvalue weighted by molar-refractivity contribution is 0.300. The van der Waals surface area contributed by atoms with Crippen LogP contribution in [0.5, 0.6) is 5.75 Å². The Bertz CT molecular complexity index is 569. The minimum atomic E-state index is 0.587. The molecule has 2 aromatic rings. The molecule has 0 aromatic heterocycles. The summed E-state index contributed by atoms with van der Waals surface area (Å²) >= 11 is 3.49. The van der Waals surface area contributed by atoms with E-state index in [0.29, 0.717) is 6.61 Å². The van der Waals surface area contributed by atoms with Crippen LogP contribution in [0.15, 0.2) is 46.9 Å². The molecule has 0 aliphatic carbocycles. The molecule has 0 fully saturated rings. The number of nitrogens with one attached hydrogen (secondary N) is 1. The third-order valence-corrected chi connectivity index (χ3v) is 3.62. The van der Waals surface area contributed by atoms with Gasteiger partial charge in [-0.1, -0.05) is 53.2 Å². The average molecular weight is 334 g/mol. The van der Waals surface area contributed by atoms with E-state index < -0.39 is 0 Å². The first kappa shape index (κ1) is 15.1. The minimum Gasteiger partial charge on any atom is -0.488 e. The van der Waals surface area contributed by atoms with Gasteiger partial charge in [-0.2, -0.15) is 0 Å². The van der Waals surface area contributed by atoms with Crippen molar-refractivity contribution in [2.75, 3.05) is 6.54 Å². The molecule has 20 heavy (non-hydrogen) atoms. The zero-order chi connectivity index (χ0) is 14.4. The molecule has 0 amide bonds. The van der Waals surface area contributed by atoms with E-state index >= 15 is 0 Å². The maximum absolute atomic E-state index is 6.05. The lowest BCUT2D eigenvalue weighted by atomic mass is 10.1. The molecule has 2 rings (SSSR count). The van der Waals surface area contributed by atoms with Crippen LogP contribution in [-0.4, -0.2) is 6.54 Å². The summed E-state index contributed by atoms with van der Waals surface area (Å²) in [4.78, 5) is 0. The number of hydrogen-bond acceptors (Lipinski definition) is 2. The highest BCUT2D eigenvalue weighted by atomic mass is 79.9. The van der Waals surface area contributed by atoms with E-state index in [4.69, 9.17) is 4.74 Å². The summed E-state index contributed by atoms with van der Waals surface area (Å²) in [6.07, 6.45) is 0. The van der Waals surface area contributed by atoms with Crippen molar-refractivity contribution < 1.29 is 4.74 Å². The highest BCUT2D eigenvalue weighted by Gasteiger charge is 2.07. The Labute approximate surface area is 129 Å². The van der Waals surface area contributed by atoms with Crippen LogP contribution in [0.2, 0.25) is 0 Å². The smallest absolute Gasteiger partial charge is 0.127 e. The van der Waals surface area contributed by atoms with Gasteiger partial charge in [-0.15, -0.1) is 0 Å². The highest BCUT2D eigenvalue weighted by molar-refractivity contribution is 9.10. The number of ether oxygens (including phenoxy) is 1. The fraction of sp³-hybridized carbons (Fsp3) is 0.294. The molecule has 0 atom stereocenters. The van der Waals surface area contributed by atoms with Crippen LogP contribution in [0.25, 0.3) is 0 Å². The van der Waals surface area contributed by atoms with E-state index in [0.717, 1.165) is 28.9 Å². The molecule has 2 aromatic carbocycles. The molecule has 0 radical (unpaired) electrons. The molecule has 0 aliphatic heterocycles. The summed E-state index contributed by atoms with van der Waals surface area (Å²) in [7, 11) is 0. The Balaban J connectivity index is 2.11. The van der Waals surface area contributed by atoms with Crippen LogP contribution in [0.1, 0.15) is 23.6 Å². The highest BCUT2D eigenvalue weighted by Crippen LogP contribution is 2.25. The number of aryl methyl sites for hydroxylation is 1. The Morgan fingerprint density at radius 3 is 2.70 bits per heavy atom. The van der Waals surface area contributed by atoms with E-state index in [2.05, 4.69) is 65.4 Å². The summed E-state index contributed by atoms with van der Waals surface area (Å²) in [6, 6.07) is 14.5. The fourth-order valence-electron chi connectivity index (χ4n) is 2.10. The third kappa shape index (κ3) is 4.09. The molecule has 1 N–H and O–H groups in total. The second kappa shape index (κ2) is 7.46. The lowest BCUT2D eigenvalue weighted by Crippen LogP contribution is -2.13. The van der Waals surface area contributed by atoms with Crippen molar-refractivity contribution in [2.24, 2.45) is 0 Å². The van der Waals surface area contributed by atoms with Gasteiger partial charge in [0.2, 0.25) is 0 Å². The Morgan fingerprint density at radius 1 is 1.15 bits per heavy atom. The summed E-state index contributed by atoms with van der Waals surface area (Å²) < 4.78 is 7.13. The number of benzene rings is 2. The summed E-state index contributed by atoms with van der Waals surface area (Å²) in [6.45, 7) is 6.58. The predicted octanol–water partition coefficient (Wildman–Crippen LogP) is 4.45. The van der Waals surface area contributed by atoms with Gasteiger partial charge in [0, 0.05) is 16.6 Å². The van der Waals surface area contributed by atoms with Gasteiger partial charge in [-0.05, 0) is 36.7 Å². The molecule has 0 saturated heterocycles. The monoisotopic (exact) mass is 333 g/mol. The molecule has 106 valence electrons. The Hall–Kier alpha value is -1.32. The second-order valence-electron chi connectivity index (χ2n) is 4.76. The molecule has 0 unspecified atom stereocenters. The van der Waals surface area contributed by atoms with Crippen LogP contribution in [0, 0.1) is 6.92 Å². The molecule has 0 bridgehead atoms. The van der Waals surface area contributed by atoms with Gasteiger partial charge in [-0.3, -0.25) is 0 Å². The van der Waals surface area contributed by atoms with Crippen molar-refractivity contribution in [3.63, 3.8) is 0 Å². The van der Waals surface area contributed by atoms with Crippen LogP contribution in [-0.2, 0) is 13.2 Å². The number of hydrogen-bond donors (Lipinski definition) is 1. The standard InChI is InChI=1S/C17H20BrNO/c1-3-19-11-15-8-4-6-13(2)17(15)20-12-14-7-5-9-16(18)10-14/h4-10,19H,3,11-12H2,1-2H3. The van der Waals surface area contributed by atoms with Crippen LogP contribution in [0.4, 0.5) is 0 Å². The maximum Gasteiger partial charge on any atom is 0.127 e. The van der Waals surface area contributed by atoms with Crippen molar-refractivity contribution in [1.29, 1.82) is 0 Å². The van der Waals surface area contributed by atoms with Gasteiger partial charge >= 0.3 is 0 Å². The van der Waals surface area contributed by atoms with E-state index in [1.54, 1.807) is 0 Å². The molecular weight excluding hydrogens is 314 g/mol. The van der Waals surface area contributed by atoms with Crippen molar-refractivity contribution in [1.82, 2.24) is 5.32 Å². The first-order valence-corrected chi connectivity index (χ1v) is 7.66. The normalized spacial score (nSPS) is 10.6. The van der Waals surface area contributed by atoms with Crippen LogP contribution >= 0.6 is 15.9 Å². The molecule has 0 saturated carbocycles. The summed E-state index contributed by atoms with van der Waals surface area (Å²) in [5, 5.41) is 3.35. The maximum atomic E-state index is 6.05. The number of para-hydroxylation sites is 1. The van der Waals surface area contributed by atoms with Gasteiger partial charge in [0.25, 0.3) is 0 Å². The molecule has 0 heterocycles. The second-order valence-corrected chi connectivity index (χ2v) is 5.68. The first-order valence-electron chi connectivity index (χ1n) is 6.87. The minimum absolute atomic E-state index is 0.587. The van der Waals surface area contributed by atoms with Gasteiger partial charge in [0.1, 0.15) is 12.4 Å². The number of rotatable bonds is 6. The summed E-state index contributed by atoms with van der Waals surface area (Å²) in [5.41, 5.74) is 3.55. The quantitative estimate of drug-likeness (QED) is 0.843. The van der Waals surface area contributed by atoms with Gasteiger partial charge < -0.3 is 10.1 Å². The largest absolute Gasteiger partial charge is 0.488 e. The van der Waals surface area contributed by atoms with Gasteiger partial charge in [-0.25, -0.2) is 0 Å². The van der Waals surface area contributed by atoms with E-state index in [1.165, 1.54) is 11.1 Å². The third-order valence-electron chi connectivity index (χ3n) is 3.13. The van der Waals surface area contributed by atoms with Crippen molar-refractivity contribution in [3.05, 3.63) is 63.6 Å². The lowest BCUT2D eigenvalue weighted by Gasteiger charge is -2.14. The van der Waals surface area contributed by atoms with Crippen molar-refractivity contribution in [2.45, 2.75) is 27.0 Å². The first-order chi connectivity index (χ1) is 9.70. The topological polar surface area (TPSA) is 21.3 Å². The molecule has 0 spiro atoms. The van der Waals surface area contributed by atoms with Crippen LogP contribution < -0.4 is 10.1 Å². The van der Waals surface area contributed by atoms with E-state index in [-0.39, 0.29) is 0 Å². The van der Waals surface area contributed by atoms with E-state index in [1.807, 2.05) is 12.1 Å². The Kier molecular flexibility index (Phi) is 5.62. The van der Waals surface area contributed by atoms with E-state index in [9.17, 15) is 0 Å². The molecule has 2 nitrogen and oxygen atoms in total.